The fraction of sp³-hybridized carbons (Fsp3) is 0.227. The van der Waals surface area contributed by atoms with E-state index in [4.69, 9.17) is 4.74 Å². The Hall–Kier alpha value is -2.85. The van der Waals surface area contributed by atoms with Crippen LogP contribution >= 0.6 is 0 Å². The molecule has 0 aliphatic rings. The van der Waals surface area contributed by atoms with Crippen LogP contribution in [0.2, 0.25) is 0 Å². The maximum atomic E-state index is 12.5. The molecule has 134 valence electrons. The number of amides is 1. The number of carbonyl (C=O) groups excluding carboxylic acids is 1. The van der Waals surface area contributed by atoms with Gasteiger partial charge in [0.2, 0.25) is 5.91 Å². The van der Waals surface area contributed by atoms with Gasteiger partial charge in [-0.25, -0.2) is 0 Å². The second-order valence-corrected chi connectivity index (χ2v) is 6.49. The van der Waals surface area contributed by atoms with Crippen LogP contribution in [0, 0.1) is 0 Å². The Morgan fingerprint density at radius 1 is 1.04 bits per heavy atom. The highest BCUT2D eigenvalue weighted by molar-refractivity contribution is 5.94. The summed E-state index contributed by atoms with van der Waals surface area (Å²) >= 11 is 0. The number of hydrogen-bond acceptors (Lipinski definition) is 3. The molecule has 1 atom stereocenters. The van der Waals surface area contributed by atoms with E-state index in [-0.39, 0.29) is 11.9 Å². The summed E-state index contributed by atoms with van der Waals surface area (Å²) in [6.45, 7) is 2.63. The molecule has 0 aliphatic carbocycles. The average molecular weight is 348 g/mol. The highest BCUT2D eigenvalue weighted by atomic mass is 16.5. The van der Waals surface area contributed by atoms with Gasteiger partial charge >= 0.3 is 0 Å². The molecule has 0 unspecified atom stereocenters. The van der Waals surface area contributed by atoms with Crippen LogP contribution in [0.4, 0.5) is 5.69 Å². The van der Waals surface area contributed by atoms with Crippen molar-refractivity contribution in [1.29, 1.82) is 0 Å². The molecule has 0 fully saturated rings. The lowest BCUT2D eigenvalue weighted by Crippen LogP contribution is -2.39. The Kier molecular flexibility index (Phi) is 5.54. The first kappa shape index (κ1) is 18.0. The molecule has 0 saturated heterocycles. The van der Waals surface area contributed by atoms with Gasteiger partial charge in [0.15, 0.2) is 0 Å². The van der Waals surface area contributed by atoms with Crippen molar-refractivity contribution < 1.29 is 9.53 Å². The zero-order valence-corrected chi connectivity index (χ0v) is 15.4. The van der Waals surface area contributed by atoms with Crippen LogP contribution in [0.15, 0.2) is 66.7 Å². The van der Waals surface area contributed by atoms with E-state index in [0.717, 1.165) is 11.4 Å². The lowest BCUT2D eigenvalue weighted by Gasteiger charge is -2.24. The van der Waals surface area contributed by atoms with E-state index < -0.39 is 0 Å². The summed E-state index contributed by atoms with van der Waals surface area (Å²) in [6, 6.07) is 21.8. The molecule has 1 amide bonds. The van der Waals surface area contributed by atoms with Gasteiger partial charge in [0, 0.05) is 12.2 Å². The molecule has 3 rings (SSSR count). The average Bonchev–Trinajstić information content (AvgIpc) is 2.67. The van der Waals surface area contributed by atoms with Crippen molar-refractivity contribution in [3.8, 4) is 5.75 Å². The van der Waals surface area contributed by atoms with E-state index in [0.29, 0.717) is 6.54 Å². The number of hydrogen-bond donors (Lipinski definition) is 1. The molecule has 0 heterocycles. The van der Waals surface area contributed by atoms with Crippen molar-refractivity contribution >= 4 is 22.4 Å². The lowest BCUT2D eigenvalue weighted by molar-refractivity contribution is -0.120. The van der Waals surface area contributed by atoms with Crippen molar-refractivity contribution in [2.75, 3.05) is 19.5 Å². The van der Waals surface area contributed by atoms with Crippen molar-refractivity contribution in [3.05, 3.63) is 72.3 Å². The molecule has 0 bridgehead atoms. The van der Waals surface area contributed by atoms with Crippen LogP contribution in [0.5, 0.6) is 5.75 Å². The predicted molar refractivity (Wildman–Crippen MR) is 107 cm³/mol. The molecule has 3 aromatic carbocycles. The lowest BCUT2D eigenvalue weighted by atomic mass is 10.1. The highest BCUT2D eigenvalue weighted by Gasteiger charge is 2.18. The van der Waals surface area contributed by atoms with Crippen LogP contribution in [-0.2, 0) is 11.3 Å². The van der Waals surface area contributed by atoms with E-state index in [9.17, 15) is 4.79 Å². The fourth-order valence-electron chi connectivity index (χ4n) is 2.88. The summed E-state index contributed by atoms with van der Waals surface area (Å²) in [5.41, 5.74) is 1.96. The Morgan fingerprint density at radius 2 is 1.73 bits per heavy atom. The minimum Gasteiger partial charge on any atom is -0.497 e. The molecule has 4 heteroatoms. The standard InChI is InChI=1S/C22H24N2O2/c1-16(22(25)23-20-10-12-21(26-3)13-11-20)24(2)15-17-8-9-18-6-4-5-7-19(18)14-17/h4-14,16H,15H2,1-3H3,(H,23,25)/t16-/m0/s1. The Balaban J connectivity index is 1.63. The Bertz CT molecular complexity index is 890. The SMILES string of the molecule is COc1ccc(NC(=O)[C@H](C)N(C)Cc2ccc3ccccc3c2)cc1. The number of benzene rings is 3. The Labute approximate surface area is 154 Å². The van der Waals surface area contributed by atoms with Gasteiger partial charge in [-0.15, -0.1) is 0 Å². The second-order valence-electron chi connectivity index (χ2n) is 6.49. The van der Waals surface area contributed by atoms with Gasteiger partial charge in [-0.05, 0) is 60.6 Å². The topological polar surface area (TPSA) is 41.6 Å². The molecule has 1 N–H and O–H groups in total. The molecule has 3 aromatic rings. The largest absolute Gasteiger partial charge is 0.497 e. The number of fused-ring (bicyclic) bond motifs is 1. The zero-order chi connectivity index (χ0) is 18.5. The van der Waals surface area contributed by atoms with Crippen LogP contribution in [0.3, 0.4) is 0 Å². The number of likely N-dealkylation sites (N-methyl/N-ethyl adjacent to an activating group) is 1. The third kappa shape index (κ3) is 4.21. The van der Waals surface area contributed by atoms with Crippen LogP contribution < -0.4 is 10.1 Å². The number of nitrogens with one attached hydrogen (secondary N) is 1. The number of anilines is 1. The van der Waals surface area contributed by atoms with E-state index in [1.54, 1.807) is 7.11 Å². The van der Waals surface area contributed by atoms with Gasteiger partial charge in [0.1, 0.15) is 5.75 Å². The minimum absolute atomic E-state index is 0.0292. The van der Waals surface area contributed by atoms with E-state index in [1.165, 1.54) is 16.3 Å². The highest BCUT2D eigenvalue weighted by Crippen LogP contribution is 2.18. The van der Waals surface area contributed by atoms with Crippen LogP contribution in [0.25, 0.3) is 10.8 Å². The summed E-state index contributed by atoms with van der Waals surface area (Å²) in [6.07, 6.45) is 0. The third-order valence-corrected chi connectivity index (χ3v) is 4.64. The summed E-state index contributed by atoms with van der Waals surface area (Å²) < 4.78 is 5.14. The predicted octanol–water partition coefficient (Wildman–Crippen LogP) is 4.31. The molecule has 0 aliphatic heterocycles. The molecule has 0 saturated carbocycles. The number of carbonyl (C=O) groups is 1. The smallest absolute Gasteiger partial charge is 0.241 e. The monoisotopic (exact) mass is 348 g/mol. The van der Waals surface area contributed by atoms with Gasteiger partial charge in [-0.3, -0.25) is 9.69 Å². The molecule has 0 radical (unpaired) electrons. The summed E-state index contributed by atoms with van der Waals surface area (Å²) in [4.78, 5) is 14.6. The summed E-state index contributed by atoms with van der Waals surface area (Å²) in [7, 11) is 3.59. The molecular formula is C22H24N2O2. The maximum Gasteiger partial charge on any atom is 0.241 e. The molecule has 4 nitrogen and oxygen atoms in total. The van der Waals surface area contributed by atoms with Gasteiger partial charge < -0.3 is 10.1 Å². The maximum absolute atomic E-state index is 12.5. The van der Waals surface area contributed by atoms with Gasteiger partial charge in [-0.2, -0.15) is 0 Å². The summed E-state index contributed by atoms with van der Waals surface area (Å²) in [5.74, 6) is 0.739. The third-order valence-electron chi connectivity index (χ3n) is 4.64. The van der Waals surface area contributed by atoms with Gasteiger partial charge in [-0.1, -0.05) is 36.4 Å². The molecule has 0 aromatic heterocycles. The first-order valence-corrected chi connectivity index (χ1v) is 8.69. The Morgan fingerprint density at radius 3 is 2.42 bits per heavy atom. The van der Waals surface area contributed by atoms with Gasteiger partial charge in [0.05, 0.1) is 13.2 Å². The van der Waals surface area contributed by atoms with E-state index >= 15 is 0 Å². The van der Waals surface area contributed by atoms with Crippen molar-refractivity contribution in [3.63, 3.8) is 0 Å². The molecular weight excluding hydrogens is 324 g/mol. The molecule has 0 spiro atoms. The number of nitrogens with zero attached hydrogens (tertiary/aromatic N) is 1. The van der Waals surface area contributed by atoms with E-state index in [2.05, 4.69) is 35.6 Å². The summed E-state index contributed by atoms with van der Waals surface area (Å²) in [5, 5.41) is 5.40. The van der Waals surface area contributed by atoms with Crippen molar-refractivity contribution in [2.45, 2.75) is 19.5 Å². The molecule has 26 heavy (non-hydrogen) atoms. The van der Waals surface area contributed by atoms with Crippen molar-refractivity contribution in [1.82, 2.24) is 4.90 Å². The first-order valence-electron chi connectivity index (χ1n) is 8.69. The second kappa shape index (κ2) is 8.02. The zero-order valence-electron chi connectivity index (χ0n) is 15.4. The van der Waals surface area contributed by atoms with Crippen LogP contribution in [-0.4, -0.2) is 31.0 Å². The van der Waals surface area contributed by atoms with Crippen LogP contribution in [0.1, 0.15) is 12.5 Å². The minimum atomic E-state index is -0.247. The van der Waals surface area contributed by atoms with Gasteiger partial charge in [0.25, 0.3) is 0 Å². The fourth-order valence-corrected chi connectivity index (χ4v) is 2.88. The quantitative estimate of drug-likeness (QED) is 0.722. The first-order chi connectivity index (χ1) is 12.6. The van der Waals surface area contributed by atoms with E-state index in [1.807, 2.05) is 55.3 Å². The normalized spacial score (nSPS) is 12.2. The number of ether oxygens (including phenoxy) is 1. The van der Waals surface area contributed by atoms with Crippen molar-refractivity contribution in [2.24, 2.45) is 0 Å². The number of rotatable bonds is 6. The number of methoxy groups -OCH3 is 1.